The molecule has 0 spiro atoms. The van der Waals surface area contributed by atoms with Crippen LogP contribution in [0.4, 0.5) is 0 Å². The Hall–Kier alpha value is -1.58. The molecule has 29 heavy (non-hydrogen) atoms. The second-order valence-electron chi connectivity index (χ2n) is 8.92. The van der Waals surface area contributed by atoms with E-state index in [1.165, 1.54) is 18.2 Å². The lowest BCUT2D eigenvalue weighted by Crippen LogP contribution is -2.43. The van der Waals surface area contributed by atoms with Gasteiger partial charge in [0.25, 0.3) is 0 Å². The third kappa shape index (κ3) is 4.46. The Morgan fingerprint density at radius 2 is 1.72 bits per heavy atom. The van der Waals surface area contributed by atoms with Gasteiger partial charge < -0.3 is 4.74 Å². The Morgan fingerprint density at radius 1 is 1.07 bits per heavy atom. The maximum Gasteiger partial charge on any atom is 0.216 e. The summed E-state index contributed by atoms with van der Waals surface area (Å²) in [6.07, 6.45) is 7.55. The monoisotopic (exact) mass is 427 g/mol. The van der Waals surface area contributed by atoms with Crippen LogP contribution >= 0.6 is 11.8 Å². The molecule has 0 bridgehead atoms. The van der Waals surface area contributed by atoms with Gasteiger partial charge in [-0.1, -0.05) is 59.2 Å². The molecule has 0 atom stereocenters. The molecule has 0 aliphatic heterocycles. The van der Waals surface area contributed by atoms with Gasteiger partial charge in [-0.2, -0.15) is 4.98 Å². The summed E-state index contributed by atoms with van der Waals surface area (Å²) < 4.78 is 6.11. The number of nitrogens with zero attached hydrogens (tertiary/aromatic N) is 3. The Labute approximate surface area is 180 Å². The maximum absolute atomic E-state index is 6.11. The van der Waals surface area contributed by atoms with E-state index < -0.39 is 8.07 Å². The molecule has 1 aliphatic carbocycles. The first-order valence-electron chi connectivity index (χ1n) is 10.7. The van der Waals surface area contributed by atoms with Gasteiger partial charge >= 0.3 is 0 Å². The normalized spacial score (nSPS) is 15.0. The second kappa shape index (κ2) is 9.05. The highest BCUT2D eigenvalue weighted by Gasteiger charge is 2.41. The summed E-state index contributed by atoms with van der Waals surface area (Å²) in [4.78, 5) is 13.8. The zero-order valence-electron chi connectivity index (χ0n) is 18.7. The minimum Gasteiger partial charge on any atom is -0.474 e. The number of thioether (sulfide) groups is 1. The van der Waals surface area contributed by atoms with E-state index in [9.17, 15) is 0 Å². The molecule has 1 saturated carbocycles. The average Bonchev–Trinajstić information content (AvgIpc) is 2.63. The molecule has 0 N–H and O–H groups in total. The largest absolute Gasteiger partial charge is 0.474 e. The minimum absolute atomic E-state index is 0.276. The van der Waals surface area contributed by atoms with Gasteiger partial charge in [0, 0.05) is 17.8 Å². The molecule has 3 rings (SSSR count). The van der Waals surface area contributed by atoms with Gasteiger partial charge in [-0.15, -0.1) is 5.54 Å². The van der Waals surface area contributed by atoms with Gasteiger partial charge in [0.05, 0.1) is 5.39 Å². The number of rotatable bonds is 6. The molecule has 1 fully saturated rings. The van der Waals surface area contributed by atoms with Gasteiger partial charge in [0.2, 0.25) is 5.88 Å². The third-order valence-electron chi connectivity index (χ3n) is 6.32. The van der Waals surface area contributed by atoms with Crippen LogP contribution in [0.25, 0.3) is 11.0 Å². The van der Waals surface area contributed by atoms with Gasteiger partial charge in [0.1, 0.15) is 14.2 Å². The molecule has 4 nitrogen and oxygen atoms in total. The molecular formula is C23H33N3OSSi. The van der Waals surface area contributed by atoms with Crippen molar-refractivity contribution in [3.63, 3.8) is 0 Å². The van der Waals surface area contributed by atoms with E-state index in [4.69, 9.17) is 4.74 Å². The van der Waals surface area contributed by atoms with E-state index >= 15 is 0 Å². The van der Waals surface area contributed by atoms with Crippen molar-refractivity contribution in [2.75, 3.05) is 6.26 Å². The summed E-state index contributed by atoms with van der Waals surface area (Å²) in [5, 5.41) is 1.63. The summed E-state index contributed by atoms with van der Waals surface area (Å²) >= 11 is 1.52. The lowest BCUT2D eigenvalue weighted by atomic mass is 9.96. The highest BCUT2D eigenvalue weighted by atomic mass is 32.2. The average molecular weight is 428 g/mol. The topological polar surface area (TPSA) is 47.9 Å². The quantitative estimate of drug-likeness (QED) is 0.236. The third-order valence-corrected chi connectivity index (χ3v) is 13.2. The van der Waals surface area contributed by atoms with Crippen LogP contribution in [0.15, 0.2) is 17.4 Å². The molecule has 0 aromatic carbocycles. The van der Waals surface area contributed by atoms with E-state index in [1.807, 2.05) is 18.5 Å². The molecule has 0 amide bonds. The van der Waals surface area contributed by atoms with E-state index in [0.29, 0.717) is 28.2 Å². The van der Waals surface area contributed by atoms with Crippen molar-refractivity contribution in [3.05, 3.63) is 17.8 Å². The molecule has 0 radical (unpaired) electrons. The first-order chi connectivity index (χ1) is 13.8. The summed E-state index contributed by atoms with van der Waals surface area (Å²) in [5.41, 5.74) is 7.21. The second-order valence-corrected chi connectivity index (χ2v) is 15.3. The van der Waals surface area contributed by atoms with Crippen LogP contribution in [0.2, 0.25) is 16.6 Å². The number of hydrogen-bond acceptors (Lipinski definition) is 5. The lowest BCUT2D eigenvalue weighted by molar-refractivity contribution is 0.115. The first kappa shape index (κ1) is 22.1. The molecule has 0 unspecified atom stereocenters. The lowest BCUT2D eigenvalue weighted by Gasteiger charge is -2.38. The van der Waals surface area contributed by atoms with Crippen molar-refractivity contribution >= 4 is 30.9 Å². The number of ether oxygens (including phenoxy) is 1. The number of hydrogen-bond donors (Lipinski definition) is 0. The van der Waals surface area contributed by atoms with E-state index in [-0.39, 0.29) is 6.10 Å². The standard InChI is InChI=1S/C23H33N3OSSi/c1-15(2)29(16(3)4,17(5)6)12-11-18-13-21(27-19-9-8-10-19)25-22-20(18)14-24-23(26-22)28-7/h13-17,19H,8-10H2,1-7H3. The van der Waals surface area contributed by atoms with E-state index in [0.717, 1.165) is 28.9 Å². The fourth-order valence-corrected chi connectivity index (χ4v) is 10.1. The van der Waals surface area contributed by atoms with Crippen molar-refractivity contribution in [3.8, 4) is 17.3 Å². The molecule has 2 aromatic rings. The van der Waals surface area contributed by atoms with Crippen LogP contribution in [0, 0.1) is 11.5 Å². The smallest absolute Gasteiger partial charge is 0.216 e. The van der Waals surface area contributed by atoms with Crippen LogP contribution in [0.1, 0.15) is 66.4 Å². The molecular weight excluding hydrogens is 394 g/mol. The van der Waals surface area contributed by atoms with Gasteiger partial charge in [0.15, 0.2) is 10.8 Å². The predicted molar refractivity (Wildman–Crippen MR) is 125 cm³/mol. The fraction of sp³-hybridized carbons (Fsp3) is 0.609. The van der Waals surface area contributed by atoms with Crippen molar-refractivity contribution in [1.29, 1.82) is 0 Å². The first-order valence-corrected chi connectivity index (χ1v) is 14.1. The Morgan fingerprint density at radius 3 is 2.24 bits per heavy atom. The highest BCUT2D eigenvalue weighted by molar-refractivity contribution is 7.98. The minimum atomic E-state index is -1.83. The zero-order chi connectivity index (χ0) is 21.2. The molecule has 6 heteroatoms. The van der Waals surface area contributed by atoms with Crippen molar-refractivity contribution < 1.29 is 4.74 Å². The fourth-order valence-electron chi connectivity index (χ4n) is 4.50. The number of fused-ring (bicyclic) bond motifs is 1. The summed E-state index contributed by atoms with van der Waals surface area (Å²) in [6, 6.07) is 2.00. The summed E-state index contributed by atoms with van der Waals surface area (Å²) in [7, 11) is -1.83. The van der Waals surface area contributed by atoms with Gasteiger partial charge in [-0.3, -0.25) is 0 Å². The predicted octanol–water partition coefficient (Wildman–Crippen LogP) is 6.25. The van der Waals surface area contributed by atoms with Gasteiger partial charge in [-0.25, -0.2) is 9.97 Å². The number of aromatic nitrogens is 3. The molecule has 156 valence electrons. The molecule has 2 heterocycles. The Kier molecular flexibility index (Phi) is 6.90. The maximum atomic E-state index is 6.11. The zero-order valence-corrected chi connectivity index (χ0v) is 20.6. The van der Waals surface area contributed by atoms with Gasteiger partial charge in [-0.05, 0) is 42.1 Å². The van der Waals surface area contributed by atoms with E-state index in [1.54, 1.807) is 0 Å². The van der Waals surface area contributed by atoms with Crippen LogP contribution in [0.5, 0.6) is 5.88 Å². The van der Waals surface area contributed by atoms with Crippen LogP contribution < -0.4 is 4.74 Å². The Balaban J connectivity index is 2.13. The Bertz CT molecular complexity index is 907. The van der Waals surface area contributed by atoms with Crippen LogP contribution in [-0.2, 0) is 0 Å². The van der Waals surface area contributed by atoms with E-state index in [2.05, 4.69) is 68.0 Å². The van der Waals surface area contributed by atoms with Crippen LogP contribution in [0.3, 0.4) is 0 Å². The molecule has 0 saturated heterocycles. The molecule has 2 aromatic heterocycles. The van der Waals surface area contributed by atoms with Crippen molar-refractivity contribution in [1.82, 2.24) is 15.0 Å². The summed E-state index contributed by atoms with van der Waals surface area (Å²) in [6.45, 7) is 14.0. The van der Waals surface area contributed by atoms with Crippen molar-refractivity contribution in [2.45, 2.75) is 88.7 Å². The highest BCUT2D eigenvalue weighted by Crippen LogP contribution is 2.41. The van der Waals surface area contributed by atoms with Crippen LogP contribution in [-0.4, -0.2) is 35.4 Å². The van der Waals surface area contributed by atoms with Crippen molar-refractivity contribution in [2.24, 2.45) is 0 Å². The summed E-state index contributed by atoms with van der Waals surface area (Å²) in [5.74, 6) is 4.21. The number of pyridine rings is 1. The molecule has 1 aliphatic rings. The SMILES string of the molecule is CSc1ncc2c(C#C[Si](C(C)C)(C(C)C)C(C)C)cc(OC3CCC3)nc2n1.